The molecule has 4 nitrogen and oxygen atoms in total. The van der Waals surface area contributed by atoms with Gasteiger partial charge >= 0.3 is 11.3 Å². The molecule has 0 aromatic carbocycles. The zero-order valence-corrected chi connectivity index (χ0v) is 8.02. The molecule has 1 aliphatic heterocycles. The first kappa shape index (κ1) is 9.67. The van der Waals surface area contributed by atoms with Crippen LogP contribution in [0, 0.1) is 0 Å². The number of carbonyl (C=O) groups excluding carboxylic acids is 2. The third-order valence-corrected chi connectivity index (χ3v) is 2.92. The molecule has 1 unspecified atom stereocenters. The summed E-state index contributed by atoms with van der Waals surface area (Å²) in [4.78, 5) is 23.1. The number of halogens is 1. The Kier molecular flexibility index (Phi) is 3.22. The van der Waals surface area contributed by atoms with Crippen LogP contribution >= 0.6 is 23.4 Å². The highest BCUT2D eigenvalue weighted by Crippen LogP contribution is 2.25. The summed E-state index contributed by atoms with van der Waals surface area (Å²) >= 11 is 6.60. The van der Waals surface area contributed by atoms with Gasteiger partial charge < -0.3 is 9.64 Å². The fourth-order valence-electron chi connectivity index (χ4n) is 0.946. The normalized spacial score (nSPS) is 22.5. The minimum absolute atomic E-state index is 0.425. The van der Waals surface area contributed by atoms with Crippen molar-refractivity contribution in [2.24, 2.45) is 0 Å². The molecule has 0 aromatic heterocycles. The van der Waals surface area contributed by atoms with Crippen molar-refractivity contribution in [3.05, 3.63) is 0 Å². The summed E-state index contributed by atoms with van der Waals surface area (Å²) in [6, 6.07) is 0. The van der Waals surface area contributed by atoms with E-state index in [-0.39, 0.29) is 0 Å². The van der Waals surface area contributed by atoms with E-state index in [0.717, 1.165) is 5.75 Å². The lowest BCUT2D eigenvalue weighted by Crippen LogP contribution is -2.36. The Morgan fingerprint density at radius 3 is 2.83 bits per heavy atom. The fraction of sp³-hybridized carbons (Fsp3) is 0.667. The summed E-state index contributed by atoms with van der Waals surface area (Å²) < 4.78 is 4.50. The van der Waals surface area contributed by atoms with Gasteiger partial charge in [-0.25, -0.2) is 4.79 Å². The van der Waals surface area contributed by atoms with E-state index in [1.54, 1.807) is 0 Å². The highest BCUT2D eigenvalue weighted by atomic mass is 35.5. The van der Waals surface area contributed by atoms with Gasteiger partial charge in [-0.15, -0.1) is 11.8 Å². The lowest BCUT2D eigenvalue weighted by Gasteiger charge is -2.17. The van der Waals surface area contributed by atoms with Crippen LogP contribution in [0.5, 0.6) is 0 Å². The van der Waals surface area contributed by atoms with E-state index in [2.05, 4.69) is 4.74 Å². The lowest BCUT2D eigenvalue weighted by atomic mass is 10.5. The molecule has 1 saturated heterocycles. The number of nitrogens with zero attached hydrogens (tertiary/aromatic N) is 1. The number of hydrogen-bond acceptors (Lipinski definition) is 4. The molecule has 68 valence electrons. The quantitative estimate of drug-likeness (QED) is 0.366. The Morgan fingerprint density at radius 1 is 1.67 bits per heavy atom. The number of hydrogen-bond donors (Lipinski definition) is 0. The number of methoxy groups -OCH3 is 1. The van der Waals surface area contributed by atoms with Crippen LogP contribution in [-0.4, -0.2) is 41.0 Å². The topological polar surface area (TPSA) is 46.6 Å². The van der Waals surface area contributed by atoms with Gasteiger partial charge in [0.05, 0.1) is 7.11 Å². The van der Waals surface area contributed by atoms with Crippen molar-refractivity contribution in [2.45, 2.75) is 5.37 Å². The number of ether oxygens (including phenoxy) is 1. The molecule has 6 heteroatoms. The van der Waals surface area contributed by atoms with E-state index in [0.29, 0.717) is 6.54 Å². The lowest BCUT2D eigenvalue weighted by molar-refractivity contribution is -0.142. The van der Waals surface area contributed by atoms with E-state index < -0.39 is 16.7 Å². The van der Waals surface area contributed by atoms with E-state index in [1.165, 1.54) is 23.8 Å². The van der Waals surface area contributed by atoms with Crippen molar-refractivity contribution in [2.75, 3.05) is 19.4 Å². The second-order valence-electron chi connectivity index (χ2n) is 2.19. The first-order valence-corrected chi connectivity index (χ1v) is 4.75. The molecule has 1 fully saturated rings. The largest absolute Gasteiger partial charge is 0.467 e. The van der Waals surface area contributed by atoms with Gasteiger partial charge in [-0.05, 0) is 11.6 Å². The van der Waals surface area contributed by atoms with Gasteiger partial charge in [-0.1, -0.05) is 0 Å². The Bertz CT molecular complexity index is 211. The molecule has 1 heterocycles. The molecule has 1 amide bonds. The van der Waals surface area contributed by atoms with Crippen LogP contribution in [0.2, 0.25) is 0 Å². The van der Waals surface area contributed by atoms with Crippen molar-refractivity contribution in [3.63, 3.8) is 0 Å². The standard InChI is InChI=1S/C6H8ClNO3S/c1-11-5(9)4-8(6(7)10)2-3-12-4/h4H,2-3H2,1H3. The van der Waals surface area contributed by atoms with E-state index in [1.807, 2.05) is 0 Å². The smallest absolute Gasteiger partial charge is 0.339 e. The Hall–Kier alpha value is -0.420. The van der Waals surface area contributed by atoms with Crippen LogP contribution in [0.15, 0.2) is 0 Å². The van der Waals surface area contributed by atoms with Gasteiger partial charge in [0.2, 0.25) is 0 Å². The van der Waals surface area contributed by atoms with Crippen molar-refractivity contribution in [3.8, 4) is 0 Å². The summed E-state index contributed by atoms with van der Waals surface area (Å²) in [7, 11) is 1.29. The molecule has 1 rings (SSSR count). The van der Waals surface area contributed by atoms with Crippen molar-refractivity contribution in [1.82, 2.24) is 4.90 Å². The van der Waals surface area contributed by atoms with E-state index in [4.69, 9.17) is 11.6 Å². The van der Waals surface area contributed by atoms with Crippen molar-refractivity contribution < 1.29 is 14.3 Å². The SMILES string of the molecule is COC(=O)C1SCCN1C(=O)Cl. The zero-order valence-electron chi connectivity index (χ0n) is 6.45. The van der Waals surface area contributed by atoms with Crippen LogP contribution in [0.4, 0.5) is 4.79 Å². The summed E-state index contributed by atoms with van der Waals surface area (Å²) in [5.41, 5.74) is 0. The van der Waals surface area contributed by atoms with E-state index >= 15 is 0 Å². The molecule has 1 atom stereocenters. The average molecular weight is 210 g/mol. The highest BCUT2D eigenvalue weighted by molar-refractivity contribution is 8.00. The minimum atomic E-state index is -0.601. The molecule has 0 aliphatic carbocycles. The monoisotopic (exact) mass is 209 g/mol. The molecule has 0 radical (unpaired) electrons. The number of carbonyl (C=O) groups is 2. The summed E-state index contributed by atoms with van der Waals surface area (Å²) in [5.74, 6) is 0.296. The molecule has 0 bridgehead atoms. The van der Waals surface area contributed by atoms with Crippen LogP contribution in [0.25, 0.3) is 0 Å². The average Bonchev–Trinajstić information content (AvgIpc) is 2.50. The summed E-state index contributed by atoms with van der Waals surface area (Å²) in [6.07, 6.45) is 0. The van der Waals surface area contributed by atoms with Gasteiger partial charge in [-0.3, -0.25) is 4.79 Å². The summed E-state index contributed by atoms with van der Waals surface area (Å²) in [5, 5.41) is -1.16. The predicted molar refractivity (Wildman–Crippen MR) is 46.2 cm³/mol. The number of rotatable bonds is 1. The van der Waals surface area contributed by atoms with Crippen LogP contribution in [-0.2, 0) is 9.53 Å². The third kappa shape index (κ3) is 1.84. The maximum Gasteiger partial charge on any atom is 0.339 e. The number of thioether (sulfide) groups is 1. The van der Waals surface area contributed by atoms with Crippen LogP contribution in [0.3, 0.4) is 0 Å². The summed E-state index contributed by atoms with van der Waals surface area (Å²) in [6.45, 7) is 0.507. The van der Waals surface area contributed by atoms with Crippen molar-refractivity contribution >= 4 is 34.7 Å². The maximum atomic E-state index is 11.0. The Labute approximate surface area is 79.2 Å². The molecule has 12 heavy (non-hydrogen) atoms. The first-order chi connectivity index (χ1) is 5.66. The van der Waals surface area contributed by atoms with Gasteiger partial charge in [0.1, 0.15) is 0 Å². The number of esters is 1. The Balaban J connectivity index is 2.63. The predicted octanol–water partition coefficient (Wildman–Crippen LogP) is 0.893. The second kappa shape index (κ2) is 4.00. The van der Waals surface area contributed by atoms with Gasteiger partial charge in [0.15, 0.2) is 5.37 Å². The minimum Gasteiger partial charge on any atom is -0.467 e. The fourth-order valence-corrected chi connectivity index (χ4v) is 2.32. The zero-order chi connectivity index (χ0) is 9.14. The van der Waals surface area contributed by atoms with Crippen LogP contribution < -0.4 is 0 Å². The molecule has 0 N–H and O–H groups in total. The van der Waals surface area contributed by atoms with E-state index in [9.17, 15) is 9.59 Å². The third-order valence-electron chi connectivity index (χ3n) is 1.52. The van der Waals surface area contributed by atoms with Crippen molar-refractivity contribution in [1.29, 1.82) is 0 Å². The first-order valence-electron chi connectivity index (χ1n) is 3.32. The maximum absolute atomic E-state index is 11.0. The highest BCUT2D eigenvalue weighted by Gasteiger charge is 2.34. The molecular formula is C6H8ClNO3S. The molecule has 0 spiro atoms. The van der Waals surface area contributed by atoms with Gasteiger partial charge in [0, 0.05) is 12.3 Å². The molecule has 1 aliphatic rings. The molecule has 0 aromatic rings. The van der Waals surface area contributed by atoms with Crippen LogP contribution in [0.1, 0.15) is 0 Å². The van der Waals surface area contributed by atoms with Gasteiger partial charge in [-0.2, -0.15) is 0 Å². The molecule has 0 saturated carbocycles. The Morgan fingerprint density at radius 2 is 2.33 bits per heavy atom. The number of amides is 1. The molecular weight excluding hydrogens is 202 g/mol. The second-order valence-corrected chi connectivity index (χ2v) is 3.70. The van der Waals surface area contributed by atoms with Gasteiger partial charge in [0.25, 0.3) is 0 Å².